The monoisotopic (exact) mass is 332 g/mol. The van der Waals surface area contributed by atoms with E-state index >= 15 is 0 Å². The number of halogens is 1. The number of pyridine rings is 1. The van der Waals surface area contributed by atoms with Crippen LogP contribution in [0.3, 0.4) is 0 Å². The van der Waals surface area contributed by atoms with Gasteiger partial charge in [-0.15, -0.1) is 0 Å². The molecular weight excluding hydrogens is 312 g/mol. The maximum Gasteiger partial charge on any atom is 0.244 e. The SMILES string of the molecule is CNc1ncc(S(=O)(=O)N2CCCC(N(C)C)C2)cc1Cl. The van der Waals surface area contributed by atoms with Gasteiger partial charge in [-0.1, -0.05) is 11.6 Å². The number of nitrogens with one attached hydrogen (secondary N) is 1. The Labute approximate surface area is 131 Å². The van der Waals surface area contributed by atoms with Gasteiger partial charge in [-0.2, -0.15) is 4.31 Å². The van der Waals surface area contributed by atoms with E-state index in [1.54, 1.807) is 7.05 Å². The maximum atomic E-state index is 12.7. The van der Waals surface area contributed by atoms with Crippen molar-refractivity contribution < 1.29 is 8.42 Å². The fourth-order valence-corrected chi connectivity index (χ4v) is 4.27. The summed E-state index contributed by atoms with van der Waals surface area (Å²) in [6.07, 6.45) is 3.22. The van der Waals surface area contributed by atoms with Crippen LogP contribution >= 0.6 is 11.6 Å². The Morgan fingerprint density at radius 1 is 1.48 bits per heavy atom. The molecule has 0 aromatic carbocycles. The fraction of sp³-hybridized carbons (Fsp3) is 0.615. The summed E-state index contributed by atoms with van der Waals surface area (Å²) in [5.41, 5.74) is 0. The third-order valence-corrected chi connectivity index (χ3v) is 5.90. The van der Waals surface area contributed by atoms with Crippen molar-refractivity contribution in [2.45, 2.75) is 23.8 Å². The molecule has 0 aliphatic carbocycles. The van der Waals surface area contributed by atoms with Crippen molar-refractivity contribution in [1.82, 2.24) is 14.2 Å². The zero-order valence-corrected chi connectivity index (χ0v) is 14.1. The molecule has 1 unspecified atom stereocenters. The minimum atomic E-state index is -3.54. The zero-order valence-electron chi connectivity index (χ0n) is 12.5. The van der Waals surface area contributed by atoms with Gasteiger partial charge in [-0.25, -0.2) is 13.4 Å². The van der Waals surface area contributed by atoms with Crippen molar-refractivity contribution in [3.05, 3.63) is 17.3 Å². The molecule has 6 nitrogen and oxygen atoms in total. The molecule has 1 aromatic heterocycles. The van der Waals surface area contributed by atoms with E-state index in [4.69, 9.17) is 11.6 Å². The first-order valence-electron chi connectivity index (χ1n) is 6.86. The fourth-order valence-electron chi connectivity index (χ4n) is 2.46. The molecule has 21 heavy (non-hydrogen) atoms. The van der Waals surface area contributed by atoms with Gasteiger partial charge in [0.1, 0.15) is 10.7 Å². The number of piperidine rings is 1. The highest BCUT2D eigenvalue weighted by atomic mass is 35.5. The van der Waals surface area contributed by atoms with Crippen LogP contribution in [0.4, 0.5) is 5.82 Å². The molecule has 1 aromatic rings. The summed E-state index contributed by atoms with van der Waals surface area (Å²) in [6.45, 7) is 1.04. The Hall–Kier alpha value is -0.890. The lowest BCUT2D eigenvalue weighted by Crippen LogP contribution is -2.47. The van der Waals surface area contributed by atoms with Crippen LogP contribution in [0.1, 0.15) is 12.8 Å². The lowest BCUT2D eigenvalue weighted by molar-refractivity contribution is 0.190. The van der Waals surface area contributed by atoms with Crippen molar-refractivity contribution >= 4 is 27.4 Å². The Balaban J connectivity index is 2.27. The first-order chi connectivity index (χ1) is 9.86. The van der Waals surface area contributed by atoms with Crippen molar-refractivity contribution in [1.29, 1.82) is 0 Å². The van der Waals surface area contributed by atoms with Crippen LogP contribution in [0.25, 0.3) is 0 Å². The largest absolute Gasteiger partial charge is 0.372 e. The first kappa shape index (κ1) is 16.5. The second-order valence-electron chi connectivity index (χ2n) is 5.37. The van der Waals surface area contributed by atoms with Crippen LogP contribution in [0.2, 0.25) is 5.02 Å². The van der Waals surface area contributed by atoms with Crippen molar-refractivity contribution in [3.8, 4) is 0 Å². The Morgan fingerprint density at radius 2 is 2.19 bits per heavy atom. The average molecular weight is 333 g/mol. The van der Waals surface area contributed by atoms with Crippen LogP contribution in [0, 0.1) is 0 Å². The molecule has 1 atom stereocenters. The van der Waals surface area contributed by atoms with E-state index in [0.717, 1.165) is 12.8 Å². The van der Waals surface area contributed by atoms with Gasteiger partial charge in [0.15, 0.2) is 0 Å². The summed E-state index contributed by atoms with van der Waals surface area (Å²) in [6, 6.07) is 1.70. The normalized spacial score (nSPS) is 20.7. The Bertz CT molecular complexity index is 606. The molecule has 1 aliphatic heterocycles. The van der Waals surface area contributed by atoms with Gasteiger partial charge in [-0.3, -0.25) is 0 Å². The van der Waals surface area contributed by atoms with E-state index in [0.29, 0.717) is 23.9 Å². The molecular formula is C13H21ClN4O2S. The van der Waals surface area contributed by atoms with E-state index in [-0.39, 0.29) is 10.9 Å². The molecule has 1 N–H and O–H groups in total. The van der Waals surface area contributed by atoms with Crippen molar-refractivity contribution in [2.24, 2.45) is 0 Å². The number of hydrogen-bond acceptors (Lipinski definition) is 5. The van der Waals surface area contributed by atoms with Crippen LogP contribution in [0.15, 0.2) is 17.2 Å². The minimum absolute atomic E-state index is 0.144. The standard InChI is InChI=1S/C13H21ClN4O2S/c1-15-13-12(14)7-11(8-16-13)21(19,20)18-6-4-5-10(9-18)17(2)3/h7-8,10H,4-6,9H2,1-3H3,(H,15,16). The lowest BCUT2D eigenvalue weighted by Gasteiger charge is -2.35. The van der Waals surface area contributed by atoms with Gasteiger partial charge in [-0.05, 0) is 33.0 Å². The molecule has 0 radical (unpaired) electrons. The number of rotatable bonds is 4. The van der Waals surface area contributed by atoms with Gasteiger partial charge in [0, 0.05) is 32.4 Å². The van der Waals surface area contributed by atoms with Crippen LogP contribution in [-0.2, 0) is 10.0 Å². The molecule has 1 aliphatic rings. The third kappa shape index (κ3) is 3.48. The maximum absolute atomic E-state index is 12.7. The average Bonchev–Trinajstić information content (AvgIpc) is 2.47. The van der Waals surface area contributed by atoms with Gasteiger partial charge in [0.2, 0.25) is 10.0 Å². The highest BCUT2D eigenvalue weighted by Gasteiger charge is 2.31. The van der Waals surface area contributed by atoms with Gasteiger partial charge < -0.3 is 10.2 Å². The summed E-state index contributed by atoms with van der Waals surface area (Å²) in [5.74, 6) is 0.473. The molecule has 8 heteroatoms. The third-order valence-electron chi connectivity index (χ3n) is 3.78. The number of nitrogens with zero attached hydrogens (tertiary/aromatic N) is 3. The number of sulfonamides is 1. The predicted octanol–water partition coefficient (Wildman–Crippen LogP) is 1.49. The van der Waals surface area contributed by atoms with Crippen molar-refractivity contribution in [2.75, 3.05) is 39.5 Å². The molecule has 2 heterocycles. The summed E-state index contributed by atoms with van der Waals surface area (Å²) in [7, 11) is 2.09. The van der Waals surface area contributed by atoms with Crippen molar-refractivity contribution in [3.63, 3.8) is 0 Å². The van der Waals surface area contributed by atoms with Gasteiger partial charge in [0.05, 0.1) is 5.02 Å². The van der Waals surface area contributed by atoms with E-state index in [1.165, 1.54) is 16.6 Å². The topological polar surface area (TPSA) is 65.5 Å². The van der Waals surface area contributed by atoms with E-state index in [1.807, 2.05) is 14.1 Å². The molecule has 2 rings (SSSR count). The van der Waals surface area contributed by atoms with E-state index < -0.39 is 10.0 Å². The highest BCUT2D eigenvalue weighted by Crippen LogP contribution is 2.26. The quantitative estimate of drug-likeness (QED) is 0.905. The zero-order chi connectivity index (χ0) is 15.6. The minimum Gasteiger partial charge on any atom is -0.372 e. The van der Waals surface area contributed by atoms with Crippen LogP contribution in [0.5, 0.6) is 0 Å². The second-order valence-corrected chi connectivity index (χ2v) is 7.72. The number of aromatic nitrogens is 1. The summed E-state index contributed by atoms with van der Waals surface area (Å²) in [5, 5.41) is 3.12. The molecule has 1 fully saturated rings. The van der Waals surface area contributed by atoms with E-state index in [2.05, 4.69) is 15.2 Å². The summed E-state index contributed by atoms with van der Waals surface area (Å²) in [4.78, 5) is 6.26. The smallest absolute Gasteiger partial charge is 0.244 e. The highest BCUT2D eigenvalue weighted by molar-refractivity contribution is 7.89. The van der Waals surface area contributed by atoms with E-state index in [9.17, 15) is 8.42 Å². The number of likely N-dealkylation sites (N-methyl/N-ethyl adjacent to an activating group) is 1. The molecule has 118 valence electrons. The van der Waals surface area contributed by atoms with Gasteiger partial charge >= 0.3 is 0 Å². The molecule has 0 amide bonds. The Kier molecular flexibility index (Phi) is 5.08. The van der Waals surface area contributed by atoms with Crippen LogP contribution < -0.4 is 5.32 Å². The van der Waals surface area contributed by atoms with Gasteiger partial charge in [0.25, 0.3) is 0 Å². The predicted molar refractivity (Wildman–Crippen MR) is 84.3 cm³/mol. The molecule has 1 saturated heterocycles. The summed E-state index contributed by atoms with van der Waals surface area (Å²) < 4.78 is 26.9. The number of anilines is 1. The van der Waals surface area contributed by atoms with Crippen LogP contribution in [-0.4, -0.2) is 62.9 Å². The lowest BCUT2D eigenvalue weighted by atomic mass is 10.1. The first-order valence-corrected chi connectivity index (χ1v) is 8.68. The Morgan fingerprint density at radius 3 is 2.76 bits per heavy atom. The summed E-state index contributed by atoms with van der Waals surface area (Å²) >= 11 is 6.04. The number of hydrogen-bond donors (Lipinski definition) is 1. The molecule has 0 spiro atoms. The molecule has 0 saturated carbocycles. The molecule has 0 bridgehead atoms. The second kappa shape index (κ2) is 6.48.